The minimum absolute atomic E-state index is 0.0224. The molecule has 1 aromatic carbocycles. The molecule has 24 heavy (non-hydrogen) atoms. The van der Waals surface area contributed by atoms with Crippen LogP contribution in [0, 0.1) is 0 Å². The zero-order chi connectivity index (χ0) is 16.3. The Bertz CT molecular complexity index is 861. The van der Waals surface area contributed by atoms with Crippen LogP contribution < -0.4 is 10.2 Å². The molecule has 1 aromatic heterocycles. The molecule has 0 bridgehead atoms. The van der Waals surface area contributed by atoms with Gasteiger partial charge in [-0.25, -0.2) is 9.97 Å². The molecule has 1 aliphatic carbocycles. The van der Waals surface area contributed by atoms with Crippen LogP contribution in [0.1, 0.15) is 46.9 Å². The summed E-state index contributed by atoms with van der Waals surface area (Å²) in [5.41, 5.74) is 6.39. The summed E-state index contributed by atoms with van der Waals surface area (Å²) in [5, 5.41) is 2.89. The van der Waals surface area contributed by atoms with Gasteiger partial charge in [0.1, 0.15) is 0 Å². The quantitative estimate of drug-likeness (QED) is 0.923. The number of hydrogen-bond acceptors (Lipinski definition) is 4. The zero-order valence-electron chi connectivity index (χ0n) is 13.8. The molecule has 1 N–H and O–H groups in total. The maximum Gasteiger partial charge on any atom is 0.251 e. The number of aromatic nitrogens is 2. The van der Waals surface area contributed by atoms with Crippen molar-refractivity contribution < 1.29 is 4.79 Å². The summed E-state index contributed by atoms with van der Waals surface area (Å²) in [6.07, 6.45) is 4.41. The molecule has 5 nitrogen and oxygen atoms in total. The highest BCUT2D eigenvalue weighted by molar-refractivity contribution is 5.99. The predicted molar refractivity (Wildman–Crippen MR) is 92.1 cm³/mol. The van der Waals surface area contributed by atoms with Gasteiger partial charge in [0.2, 0.25) is 5.95 Å². The summed E-state index contributed by atoms with van der Waals surface area (Å²) in [6, 6.07) is 6.67. The molecule has 0 radical (unpaired) electrons. The Morgan fingerprint density at radius 2 is 2.17 bits per heavy atom. The summed E-state index contributed by atoms with van der Waals surface area (Å²) < 4.78 is 0. The van der Waals surface area contributed by atoms with Crippen LogP contribution in [0.3, 0.4) is 0 Å². The van der Waals surface area contributed by atoms with Crippen LogP contribution in [0.15, 0.2) is 18.2 Å². The highest BCUT2D eigenvalue weighted by Crippen LogP contribution is 2.35. The largest absolute Gasteiger partial charge is 0.348 e. The van der Waals surface area contributed by atoms with Gasteiger partial charge < -0.3 is 10.2 Å². The van der Waals surface area contributed by atoms with Crippen molar-refractivity contribution in [2.45, 2.75) is 45.2 Å². The lowest BCUT2D eigenvalue weighted by molar-refractivity contribution is 0.0966. The van der Waals surface area contributed by atoms with E-state index in [4.69, 9.17) is 9.97 Å². The molecule has 0 spiro atoms. The molecular weight excluding hydrogens is 300 g/mol. The number of carbonyl (C=O) groups excluding carboxylic acids is 1. The molecule has 1 amide bonds. The van der Waals surface area contributed by atoms with Gasteiger partial charge in [0.05, 0.1) is 5.69 Å². The van der Waals surface area contributed by atoms with Crippen molar-refractivity contribution in [2.75, 3.05) is 11.4 Å². The molecular formula is C19H20N4O. The van der Waals surface area contributed by atoms with E-state index < -0.39 is 0 Å². The fourth-order valence-electron chi connectivity index (χ4n) is 3.96. The van der Waals surface area contributed by atoms with Gasteiger partial charge in [-0.2, -0.15) is 0 Å². The van der Waals surface area contributed by atoms with Crippen molar-refractivity contribution in [2.24, 2.45) is 0 Å². The molecule has 3 heterocycles. The Morgan fingerprint density at radius 3 is 2.96 bits per heavy atom. The van der Waals surface area contributed by atoms with Gasteiger partial charge in [0.15, 0.2) is 0 Å². The smallest absolute Gasteiger partial charge is 0.251 e. The van der Waals surface area contributed by atoms with E-state index in [2.05, 4.69) is 29.3 Å². The topological polar surface area (TPSA) is 58.1 Å². The molecule has 0 unspecified atom stereocenters. The van der Waals surface area contributed by atoms with Crippen molar-refractivity contribution in [1.82, 2.24) is 15.3 Å². The van der Waals surface area contributed by atoms with E-state index in [1.807, 2.05) is 6.07 Å². The van der Waals surface area contributed by atoms with Crippen LogP contribution in [-0.4, -0.2) is 28.5 Å². The lowest BCUT2D eigenvalue weighted by Gasteiger charge is -2.39. The number of hydrogen-bond donors (Lipinski definition) is 1. The second kappa shape index (κ2) is 5.03. The Hall–Kier alpha value is -2.43. The Labute approximate surface area is 141 Å². The normalized spacial score (nSPS) is 21.3. The van der Waals surface area contributed by atoms with Crippen molar-refractivity contribution in [3.8, 4) is 11.3 Å². The summed E-state index contributed by atoms with van der Waals surface area (Å²) in [6.45, 7) is 3.89. The lowest BCUT2D eigenvalue weighted by Crippen LogP contribution is -2.46. The van der Waals surface area contributed by atoms with Crippen LogP contribution in [0.4, 0.5) is 5.95 Å². The van der Waals surface area contributed by atoms with E-state index >= 15 is 0 Å². The van der Waals surface area contributed by atoms with Crippen LogP contribution in [0.25, 0.3) is 11.3 Å². The second-order valence-electron chi connectivity index (χ2n) is 7.04. The number of benzene rings is 1. The number of amides is 1. The van der Waals surface area contributed by atoms with Crippen molar-refractivity contribution in [3.05, 3.63) is 40.6 Å². The number of nitrogens with zero attached hydrogens (tertiary/aromatic N) is 3. The number of aryl methyl sites for hydroxylation is 1. The number of fused-ring (bicyclic) bond motifs is 2. The van der Waals surface area contributed by atoms with Crippen molar-refractivity contribution in [1.29, 1.82) is 0 Å². The van der Waals surface area contributed by atoms with Crippen LogP contribution in [0.2, 0.25) is 0 Å². The molecule has 2 aromatic rings. The summed E-state index contributed by atoms with van der Waals surface area (Å²) >= 11 is 0. The van der Waals surface area contributed by atoms with E-state index in [9.17, 15) is 4.79 Å². The first-order valence-corrected chi connectivity index (χ1v) is 8.78. The molecule has 0 saturated carbocycles. The minimum Gasteiger partial charge on any atom is -0.348 e. The van der Waals surface area contributed by atoms with Gasteiger partial charge in [0, 0.05) is 41.5 Å². The predicted octanol–water partition coefficient (Wildman–Crippen LogP) is 2.47. The first kappa shape index (κ1) is 14.0. The van der Waals surface area contributed by atoms with Crippen LogP contribution in [-0.2, 0) is 19.4 Å². The monoisotopic (exact) mass is 320 g/mol. The minimum atomic E-state index is 0.0224. The van der Waals surface area contributed by atoms with Crippen molar-refractivity contribution in [3.63, 3.8) is 0 Å². The second-order valence-corrected chi connectivity index (χ2v) is 7.04. The maximum absolute atomic E-state index is 12.0. The number of carbonyl (C=O) groups is 1. The number of nitrogens with one attached hydrogen (secondary N) is 1. The van der Waals surface area contributed by atoms with Gasteiger partial charge in [0.25, 0.3) is 5.91 Å². The van der Waals surface area contributed by atoms with Gasteiger partial charge in [-0.05, 0) is 44.2 Å². The Balaban J connectivity index is 1.65. The van der Waals surface area contributed by atoms with Crippen LogP contribution >= 0.6 is 0 Å². The summed E-state index contributed by atoms with van der Waals surface area (Å²) in [4.78, 5) is 24.0. The van der Waals surface area contributed by atoms with E-state index in [1.165, 1.54) is 17.7 Å². The highest BCUT2D eigenvalue weighted by atomic mass is 16.1. The average molecular weight is 320 g/mol. The number of anilines is 1. The maximum atomic E-state index is 12.0. The number of rotatable bonds is 2. The molecule has 1 saturated heterocycles. The first-order chi connectivity index (χ1) is 11.7. The fourth-order valence-corrected chi connectivity index (χ4v) is 3.96. The average Bonchev–Trinajstić information content (AvgIpc) is 3.19. The van der Waals surface area contributed by atoms with Gasteiger partial charge in [-0.1, -0.05) is 12.1 Å². The molecule has 5 heteroatoms. The molecule has 1 fully saturated rings. The lowest BCUT2D eigenvalue weighted by atomic mass is 10.00. The first-order valence-electron chi connectivity index (χ1n) is 8.78. The fraction of sp³-hybridized carbons (Fsp3) is 0.421. The summed E-state index contributed by atoms with van der Waals surface area (Å²) in [7, 11) is 0. The molecule has 1 atom stereocenters. The molecule has 2 aliphatic heterocycles. The highest BCUT2D eigenvalue weighted by Gasteiger charge is 2.29. The third-order valence-corrected chi connectivity index (χ3v) is 5.57. The third kappa shape index (κ3) is 1.97. The Kier molecular flexibility index (Phi) is 2.93. The van der Waals surface area contributed by atoms with E-state index in [0.717, 1.165) is 54.1 Å². The SMILES string of the molecule is C[C@H]1CCN1c1nc2c(c(-c3ccc4c(c3)C(=O)NC4)n1)CCC2. The van der Waals surface area contributed by atoms with Gasteiger partial charge >= 0.3 is 0 Å². The summed E-state index contributed by atoms with van der Waals surface area (Å²) in [5.74, 6) is 0.878. The molecule has 3 aliphatic rings. The van der Waals surface area contributed by atoms with E-state index in [0.29, 0.717) is 12.6 Å². The zero-order valence-corrected chi connectivity index (χ0v) is 13.8. The molecule has 122 valence electrons. The van der Waals surface area contributed by atoms with E-state index in [1.54, 1.807) is 0 Å². The van der Waals surface area contributed by atoms with Crippen LogP contribution in [0.5, 0.6) is 0 Å². The van der Waals surface area contributed by atoms with Crippen molar-refractivity contribution >= 4 is 11.9 Å². The van der Waals surface area contributed by atoms with Gasteiger partial charge in [-0.15, -0.1) is 0 Å². The Morgan fingerprint density at radius 1 is 1.25 bits per heavy atom. The third-order valence-electron chi connectivity index (χ3n) is 5.57. The van der Waals surface area contributed by atoms with E-state index in [-0.39, 0.29) is 5.91 Å². The standard InChI is InChI=1S/C19H20N4O/c1-11-7-8-23(11)19-21-16-4-2-3-14(16)17(22-19)12-5-6-13-10-20-18(24)15(13)9-12/h5-6,9,11H,2-4,7-8,10H2,1H3,(H,20,24)/t11-/m0/s1. The van der Waals surface area contributed by atoms with Gasteiger partial charge in [-0.3, -0.25) is 4.79 Å². The molecule has 5 rings (SSSR count).